The molecule has 33 heavy (non-hydrogen) atoms. The topological polar surface area (TPSA) is 98.0 Å². The van der Waals surface area contributed by atoms with Crippen molar-refractivity contribution in [2.24, 2.45) is 0 Å². The number of nitrogens with two attached hydrogens (primary N) is 1. The van der Waals surface area contributed by atoms with Crippen LogP contribution in [0.1, 0.15) is 18.7 Å². The maximum absolute atomic E-state index is 12.6. The Hall–Kier alpha value is -2.69. The van der Waals surface area contributed by atoms with E-state index in [1.807, 2.05) is 35.4 Å². The molecule has 9 nitrogen and oxygen atoms in total. The van der Waals surface area contributed by atoms with Gasteiger partial charge in [-0.15, -0.1) is 11.3 Å². The first-order chi connectivity index (χ1) is 15.9. The fourth-order valence-corrected chi connectivity index (χ4v) is 5.19. The van der Waals surface area contributed by atoms with E-state index in [9.17, 15) is 9.59 Å². The van der Waals surface area contributed by atoms with E-state index in [-0.39, 0.29) is 11.8 Å². The van der Waals surface area contributed by atoms with Gasteiger partial charge in [0.1, 0.15) is 0 Å². The Labute approximate surface area is 199 Å². The van der Waals surface area contributed by atoms with E-state index in [0.717, 1.165) is 63.7 Å². The molecule has 0 aliphatic carbocycles. The molecule has 0 saturated carbocycles. The van der Waals surface area contributed by atoms with Crippen LogP contribution in [0.3, 0.4) is 0 Å². The van der Waals surface area contributed by atoms with Gasteiger partial charge in [-0.1, -0.05) is 0 Å². The van der Waals surface area contributed by atoms with Crippen LogP contribution in [0.4, 0.5) is 16.5 Å². The monoisotopic (exact) mass is 471 g/mol. The molecular formula is C23H33N7O2S. The molecule has 2 aromatic rings. The molecule has 4 rings (SSSR count). The number of nitrogens with one attached hydrogen (secondary N) is 1. The summed E-state index contributed by atoms with van der Waals surface area (Å²) in [5, 5.41) is 3.63. The second-order valence-electron chi connectivity index (χ2n) is 8.81. The molecule has 1 unspecified atom stereocenters. The number of carbonyl (C=O) groups is 2. The van der Waals surface area contributed by atoms with Crippen molar-refractivity contribution in [3.63, 3.8) is 0 Å². The lowest BCUT2D eigenvalue weighted by Crippen LogP contribution is -2.52. The van der Waals surface area contributed by atoms with E-state index in [1.54, 1.807) is 6.92 Å². The van der Waals surface area contributed by atoms with Crippen molar-refractivity contribution in [2.75, 3.05) is 68.3 Å². The number of hydrogen-bond donors (Lipinski definition) is 2. The van der Waals surface area contributed by atoms with Crippen molar-refractivity contribution in [1.29, 1.82) is 0 Å². The maximum atomic E-state index is 12.6. The molecule has 3 heterocycles. The van der Waals surface area contributed by atoms with Crippen molar-refractivity contribution >= 4 is 39.7 Å². The zero-order chi connectivity index (χ0) is 23.4. The van der Waals surface area contributed by atoms with E-state index in [1.165, 1.54) is 16.2 Å². The van der Waals surface area contributed by atoms with Gasteiger partial charge in [-0.25, -0.2) is 4.98 Å². The normalized spacial score (nSPS) is 20.1. The smallest absolute Gasteiger partial charge is 0.238 e. The lowest BCUT2D eigenvalue weighted by molar-refractivity contribution is -0.129. The summed E-state index contributed by atoms with van der Waals surface area (Å²) in [6.45, 7) is 10.8. The fraction of sp³-hybridized carbons (Fsp3) is 0.522. The third kappa shape index (κ3) is 6.21. The summed E-state index contributed by atoms with van der Waals surface area (Å²) in [4.78, 5) is 38.2. The number of nitrogen functional groups attached to an aromatic ring is 1. The minimum absolute atomic E-state index is 0.00806. The predicted octanol–water partition coefficient (Wildman–Crippen LogP) is 1.54. The number of rotatable bonds is 6. The maximum Gasteiger partial charge on any atom is 0.238 e. The third-order valence-corrected chi connectivity index (χ3v) is 7.20. The molecule has 2 amide bonds. The molecule has 1 atom stereocenters. The largest absolute Gasteiger partial charge is 0.375 e. The van der Waals surface area contributed by atoms with Gasteiger partial charge in [-0.3, -0.25) is 19.4 Å². The molecule has 2 fully saturated rings. The Morgan fingerprint density at radius 2 is 1.85 bits per heavy atom. The highest BCUT2D eigenvalue weighted by molar-refractivity contribution is 7.15. The molecule has 2 saturated heterocycles. The van der Waals surface area contributed by atoms with Crippen LogP contribution in [0.2, 0.25) is 0 Å². The van der Waals surface area contributed by atoms with Crippen LogP contribution in [0.15, 0.2) is 30.5 Å². The van der Waals surface area contributed by atoms with Crippen molar-refractivity contribution in [2.45, 2.75) is 26.4 Å². The van der Waals surface area contributed by atoms with Gasteiger partial charge in [0.2, 0.25) is 11.8 Å². The van der Waals surface area contributed by atoms with Gasteiger partial charge in [0, 0.05) is 87.8 Å². The summed E-state index contributed by atoms with van der Waals surface area (Å²) < 4.78 is 0. The second kappa shape index (κ2) is 10.5. The quantitative estimate of drug-likeness (QED) is 0.659. The molecule has 0 bridgehead atoms. The Kier molecular flexibility index (Phi) is 7.46. The molecule has 0 spiro atoms. The second-order valence-corrected chi connectivity index (χ2v) is 9.95. The van der Waals surface area contributed by atoms with Crippen LogP contribution in [0.25, 0.3) is 0 Å². The van der Waals surface area contributed by atoms with Crippen LogP contribution in [-0.2, 0) is 16.1 Å². The molecular weight excluding hydrogens is 438 g/mol. The lowest BCUT2D eigenvalue weighted by atomic mass is 10.2. The number of aromatic nitrogens is 1. The van der Waals surface area contributed by atoms with E-state index < -0.39 is 0 Å². The zero-order valence-corrected chi connectivity index (χ0v) is 20.2. The van der Waals surface area contributed by atoms with E-state index in [4.69, 9.17) is 5.73 Å². The van der Waals surface area contributed by atoms with Crippen molar-refractivity contribution in [3.8, 4) is 0 Å². The molecule has 178 valence electrons. The summed E-state index contributed by atoms with van der Waals surface area (Å²) in [6, 6.07) is 8.33. The van der Waals surface area contributed by atoms with Crippen molar-refractivity contribution < 1.29 is 9.59 Å². The number of hydrogen-bond acceptors (Lipinski definition) is 8. The first-order valence-corrected chi connectivity index (χ1v) is 12.3. The number of anilines is 3. The van der Waals surface area contributed by atoms with Gasteiger partial charge >= 0.3 is 0 Å². The molecule has 2 aliphatic rings. The summed E-state index contributed by atoms with van der Waals surface area (Å²) in [6.07, 6.45) is 1.85. The molecule has 1 aromatic carbocycles. The number of piperazine rings is 2. The summed E-state index contributed by atoms with van der Waals surface area (Å²) in [5.41, 5.74) is 7.66. The Morgan fingerprint density at radius 1 is 1.12 bits per heavy atom. The third-order valence-electron chi connectivity index (χ3n) is 6.39. The van der Waals surface area contributed by atoms with Gasteiger partial charge in [0.25, 0.3) is 0 Å². The Balaban J connectivity index is 1.22. The zero-order valence-electron chi connectivity index (χ0n) is 19.4. The Morgan fingerprint density at radius 3 is 2.45 bits per heavy atom. The average molecular weight is 472 g/mol. The predicted molar refractivity (Wildman–Crippen MR) is 132 cm³/mol. The van der Waals surface area contributed by atoms with Crippen LogP contribution in [0.5, 0.6) is 0 Å². The highest BCUT2D eigenvalue weighted by atomic mass is 32.1. The number of nitrogens with zero attached hydrogens (tertiary/aromatic N) is 5. The minimum atomic E-state index is 0.00806. The minimum Gasteiger partial charge on any atom is -0.375 e. The highest BCUT2D eigenvalue weighted by Gasteiger charge is 2.25. The van der Waals surface area contributed by atoms with Gasteiger partial charge in [0.15, 0.2) is 5.13 Å². The fourth-order valence-electron chi connectivity index (χ4n) is 4.48. The molecule has 10 heteroatoms. The standard InChI is InChI=1S/C23H33N7O2S/c1-17-14-27(7-8-30(17)15-21-13-25-23(24)33-21)16-22(32)26-19-3-5-20(6-4-19)29-11-9-28(10-12-29)18(2)31/h3-6,13,17H,7-12,14-16H2,1-2H3,(H2,24,25)(H,26,32). The Bertz CT molecular complexity index is 956. The molecule has 0 radical (unpaired) electrons. The average Bonchev–Trinajstić information content (AvgIpc) is 3.21. The molecule has 3 N–H and O–H groups in total. The van der Waals surface area contributed by atoms with Crippen molar-refractivity contribution in [3.05, 3.63) is 35.3 Å². The van der Waals surface area contributed by atoms with Crippen LogP contribution < -0.4 is 16.0 Å². The summed E-state index contributed by atoms with van der Waals surface area (Å²) >= 11 is 1.54. The SMILES string of the molecule is CC(=O)N1CCN(c2ccc(NC(=O)CN3CCN(Cc4cnc(N)s4)C(C)C3)cc2)CC1. The summed E-state index contributed by atoms with van der Waals surface area (Å²) in [5.74, 6) is 0.141. The van der Waals surface area contributed by atoms with Gasteiger partial charge < -0.3 is 20.9 Å². The number of carbonyl (C=O) groups excluding carboxylic acids is 2. The highest BCUT2D eigenvalue weighted by Crippen LogP contribution is 2.21. The van der Waals surface area contributed by atoms with Gasteiger partial charge in [-0.2, -0.15) is 0 Å². The van der Waals surface area contributed by atoms with Gasteiger partial charge in [-0.05, 0) is 31.2 Å². The number of benzene rings is 1. The summed E-state index contributed by atoms with van der Waals surface area (Å²) in [7, 11) is 0. The lowest BCUT2D eigenvalue weighted by Gasteiger charge is -2.39. The van der Waals surface area contributed by atoms with E-state index >= 15 is 0 Å². The van der Waals surface area contributed by atoms with Gasteiger partial charge in [0.05, 0.1) is 6.54 Å². The first kappa shape index (κ1) is 23.5. The van der Waals surface area contributed by atoms with E-state index in [0.29, 0.717) is 17.7 Å². The van der Waals surface area contributed by atoms with Crippen LogP contribution in [-0.4, -0.2) is 89.9 Å². The van der Waals surface area contributed by atoms with Crippen LogP contribution >= 0.6 is 11.3 Å². The first-order valence-electron chi connectivity index (χ1n) is 11.4. The molecule has 2 aliphatic heterocycles. The number of amides is 2. The van der Waals surface area contributed by atoms with Crippen molar-refractivity contribution in [1.82, 2.24) is 19.7 Å². The number of thiazole rings is 1. The van der Waals surface area contributed by atoms with Crippen LogP contribution in [0, 0.1) is 0 Å². The van der Waals surface area contributed by atoms with E-state index in [2.05, 4.69) is 31.9 Å². The molecule has 1 aromatic heterocycles.